The predicted molar refractivity (Wildman–Crippen MR) is 74.2 cm³/mol. The molecule has 0 bridgehead atoms. The Balaban J connectivity index is 1.47. The van der Waals surface area contributed by atoms with Crippen molar-refractivity contribution in [1.82, 2.24) is 30.9 Å². The van der Waals surface area contributed by atoms with Crippen LogP contribution in [-0.2, 0) is 17.8 Å². The summed E-state index contributed by atoms with van der Waals surface area (Å²) in [6, 6.07) is 3.84. The first-order chi connectivity index (χ1) is 10.3. The molecule has 0 saturated carbocycles. The lowest BCUT2D eigenvalue weighted by Gasteiger charge is -2.00. The predicted octanol–water partition coefficient (Wildman–Crippen LogP) is 1.17. The minimum atomic E-state index is -0.103. The summed E-state index contributed by atoms with van der Waals surface area (Å²) < 4.78 is 5.13. The van der Waals surface area contributed by atoms with Crippen molar-refractivity contribution in [2.24, 2.45) is 0 Å². The number of hydrogen-bond donors (Lipinski definition) is 2. The summed E-state index contributed by atoms with van der Waals surface area (Å²) in [5.74, 6) is 0.909. The van der Waals surface area contributed by atoms with Crippen LogP contribution >= 0.6 is 11.3 Å². The summed E-state index contributed by atoms with van der Waals surface area (Å²) in [6.07, 6.45) is 2.25. The van der Waals surface area contributed by atoms with Gasteiger partial charge in [0.15, 0.2) is 0 Å². The Morgan fingerprint density at radius 3 is 3.19 bits per heavy atom. The van der Waals surface area contributed by atoms with E-state index in [9.17, 15) is 4.79 Å². The van der Waals surface area contributed by atoms with Crippen LogP contribution in [0.15, 0.2) is 28.2 Å². The van der Waals surface area contributed by atoms with Gasteiger partial charge in [0.25, 0.3) is 0 Å². The maximum atomic E-state index is 11.7. The van der Waals surface area contributed by atoms with Crippen molar-refractivity contribution in [2.75, 3.05) is 0 Å². The van der Waals surface area contributed by atoms with Crippen molar-refractivity contribution in [1.29, 1.82) is 0 Å². The van der Waals surface area contributed by atoms with Gasteiger partial charge in [-0.2, -0.15) is 20.4 Å². The summed E-state index contributed by atoms with van der Waals surface area (Å²) in [4.78, 5) is 16.9. The molecule has 0 aliphatic heterocycles. The number of nitrogens with zero attached hydrogens (tertiary/aromatic N) is 4. The number of aryl methyl sites for hydroxylation is 1. The smallest absolute Gasteiger partial charge is 0.227 e. The molecular weight excluding hydrogens is 292 g/mol. The van der Waals surface area contributed by atoms with E-state index in [1.165, 1.54) is 0 Å². The number of H-pyrrole nitrogens is 1. The molecule has 3 aromatic rings. The van der Waals surface area contributed by atoms with Gasteiger partial charge in [0, 0.05) is 12.8 Å². The average Bonchev–Trinajstić information content (AvgIpc) is 3.24. The second kappa shape index (κ2) is 6.27. The first kappa shape index (κ1) is 13.4. The van der Waals surface area contributed by atoms with E-state index in [1.54, 1.807) is 17.5 Å². The number of aromatic amines is 1. The number of thiophene rings is 1. The molecule has 0 aliphatic rings. The summed E-state index contributed by atoms with van der Waals surface area (Å²) in [6.45, 7) is 0.347. The van der Waals surface area contributed by atoms with Crippen LogP contribution in [0.1, 0.15) is 18.0 Å². The standard InChI is InChI=1S/C12H12N6O2S/c19-10(13-6-8-7-14-18-16-8)3-4-11-15-12(17-20-11)9-2-1-5-21-9/h1-2,5,7H,3-4,6H2,(H,13,19)(H,14,16,18). The SMILES string of the molecule is O=C(CCc1nc(-c2cccs2)no1)NCc1cn[nH]n1. The van der Waals surface area contributed by atoms with Gasteiger partial charge in [0.2, 0.25) is 17.6 Å². The quantitative estimate of drug-likeness (QED) is 0.707. The van der Waals surface area contributed by atoms with Gasteiger partial charge < -0.3 is 9.84 Å². The normalized spacial score (nSPS) is 10.7. The fourth-order valence-electron chi connectivity index (χ4n) is 1.67. The highest BCUT2D eigenvalue weighted by molar-refractivity contribution is 7.13. The van der Waals surface area contributed by atoms with Crippen molar-refractivity contribution in [2.45, 2.75) is 19.4 Å². The molecule has 0 fully saturated rings. The first-order valence-electron chi connectivity index (χ1n) is 6.29. The van der Waals surface area contributed by atoms with Gasteiger partial charge >= 0.3 is 0 Å². The van der Waals surface area contributed by atoms with Crippen molar-refractivity contribution in [3.05, 3.63) is 35.3 Å². The highest BCUT2D eigenvalue weighted by Crippen LogP contribution is 2.21. The number of hydrogen-bond acceptors (Lipinski definition) is 7. The number of rotatable bonds is 6. The van der Waals surface area contributed by atoms with Crippen molar-refractivity contribution >= 4 is 17.2 Å². The zero-order valence-electron chi connectivity index (χ0n) is 10.9. The van der Waals surface area contributed by atoms with Gasteiger partial charge in [-0.1, -0.05) is 11.2 Å². The van der Waals surface area contributed by atoms with Crippen LogP contribution in [0.2, 0.25) is 0 Å². The Kier molecular flexibility index (Phi) is 4.01. The molecule has 3 rings (SSSR count). The minimum Gasteiger partial charge on any atom is -0.350 e. The Labute approximate surface area is 123 Å². The summed E-state index contributed by atoms with van der Waals surface area (Å²) in [5, 5.41) is 18.6. The first-order valence-corrected chi connectivity index (χ1v) is 7.17. The topological polar surface area (TPSA) is 110 Å². The molecule has 108 valence electrons. The molecule has 9 heteroatoms. The van der Waals surface area contributed by atoms with E-state index in [4.69, 9.17) is 4.52 Å². The number of nitrogens with one attached hydrogen (secondary N) is 2. The largest absolute Gasteiger partial charge is 0.350 e. The molecule has 0 atom stereocenters. The van der Waals surface area contributed by atoms with E-state index in [2.05, 4.69) is 30.9 Å². The highest BCUT2D eigenvalue weighted by atomic mass is 32.1. The van der Waals surface area contributed by atoms with Gasteiger partial charge in [-0.3, -0.25) is 4.79 Å². The van der Waals surface area contributed by atoms with Crippen LogP contribution < -0.4 is 5.32 Å². The van der Waals surface area contributed by atoms with Crippen LogP contribution in [0, 0.1) is 0 Å². The third kappa shape index (κ3) is 3.51. The van der Waals surface area contributed by atoms with Crippen molar-refractivity contribution < 1.29 is 9.32 Å². The molecule has 0 saturated heterocycles. The Morgan fingerprint density at radius 1 is 1.48 bits per heavy atom. The minimum absolute atomic E-state index is 0.103. The van der Waals surface area contributed by atoms with Gasteiger partial charge in [-0.05, 0) is 11.4 Å². The summed E-state index contributed by atoms with van der Waals surface area (Å²) >= 11 is 1.54. The Hall–Kier alpha value is -2.55. The molecule has 2 N–H and O–H groups in total. The van der Waals surface area contributed by atoms with E-state index in [0.29, 0.717) is 30.4 Å². The second-order valence-corrected chi connectivity index (χ2v) is 5.17. The van der Waals surface area contributed by atoms with Gasteiger partial charge in [-0.25, -0.2) is 0 Å². The molecule has 3 heterocycles. The van der Waals surface area contributed by atoms with Crippen molar-refractivity contribution in [3.8, 4) is 10.7 Å². The van der Waals surface area contributed by atoms with E-state index < -0.39 is 0 Å². The Morgan fingerprint density at radius 2 is 2.43 bits per heavy atom. The lowest BCUT2D eigenvalue weighted by molar-refractivity contribution is -0.121. The third-order valence-electron chi connectivity index (χ3n) is 2.71. The molecule has 8 nitrogen and oxygen atoms in total. The second-order valence-electron chi connectivity index (χ2n) is 4.23. The zero-order chi connectivity index (χ0) is 14.5. The van der Waals surface area contributed by atoms with E-state index in [0.717, 1.165) is 4.88 Å². The average molecular weight is 304 g/mol. The lowest BCUT2D eigenvalue weighted by Crippen LogP contribution is -2.23. The number of aromatic nitrogens is 5. The van der Waals surface area contributed by atoms with Crippen LogP contribution in [-0.4, -0.2) is 31.5 Å². The van der Waals surface area contributed by atoms with Crippen LogP contribution in [0.3, 0.4) is 0 Å². The highest BCUT2D eigenvalue weighted by Gasteiger charge is 2.11. The fourth-order valence-corrected chi connectivity index (χ4v) is 2.32. The summed E-state index contributed by atoms with van der Waals surface area (Å²) in [7, 11) is 0. The molecule has 0 aromatic carbocycles. The maximum Gasteiger partial charge on any atom is 0.227 e. The maximum absolute atomic E-state index is 11.7. The Bertz CT molecular complexity index is 691. The molecule has 3 aromatic heterocycles. The van der Waals surface area contributed by atoms with Gasteiger partial charge in [0.05, 0.1) is 17.6 Å². The zero-order valence-corrected chi connectivity index (χ0v) is 11.8. The number of carbonyl (C=O) groups is 1. The molecule has 0 spiro atoms. The number of carbonyl (C=O) groups excluding carboxylic acids is 1. The van der Waals surface area contributed by atoms with Crippen LogP contribution in [0.4, 0.5) is 0 Å². The van der Waals surface area contributed by atoms with E-state index in [1.807, 2.05) is 17.5 Å². The van der Waals surface area contributed by atoms with Crippen LogP contribution in [0.5, 0.6) is 0 Å². The molecule has 0 radical (unpaired) electrons. The fraction of sp³-hybridized carbons (Fsp3) is 0.250. The molecule has 0 aliphatic carbocycles. The monoisotopic (exact) mass is 304 g/mol. The molecular formula is C12H12N6O2S. The van der Waals surface area contributed by atoms with Gasteiger partial charge in [0.1, 0.15) is 5.69 Å². The van der Waals surface area contributed by atoms with E-state index >= 15 is 0 Å². The lowest BCUT2D eigenvalue weighted by atomic mass is 10.3. The molecule has 21 heavy (non-hydrogen) atoms. The number of amides is 1. The van der Waals surface area contributed by atoms with E-state index in [-0.39, 0.29) is 12.3 Å². The van der Waals surface area contributed by atoms with Crippen molar-refractivity contribution in [3.63, 3.8) is 0 Å². The van der Waals surface area contributed by atoms with Crippen LogP contribution in [0.25, 0.3) is 10.7 Å². The molecule has 1 amide bonds. The molecule has 0 unspecified atom stereocenters. The third-order valence-corrected chi connectivity index (χ3v) is 3.57. The summed E-state index contributed by atoms with van der Waals surface area (Å²) in [5.41, 5.74) is 0.682. The van der Waals surface area contributed by atoms with Gasteiger partial charge in [-0.15, -0.1) is 11.3 Å².